The average molecular weight is 253 g/mol. The van der Waals surface area contributed by atoms with E-state index in [-0.39, 0.29) is 0 Å². The van der Waals surface area contributed by atoms with Crippen LogP contribution >= 0.6 is 0 Å². The quantitative estimate of drug-likeness (QED) is 0.774. The van der Waals surface area contributed by atoms with Crippen LogP contribution in [0.5, 0.6) is 0 Å². The predicted octanol–water partition coefficient (Wildman–Crippen LogP) is 3.40. The van der Waals surface area contributed by atoms with Crippen molar-refractivity contribution in [2.45, 2.75) is 19.9 Å². The van der Waals surface area contributed by atoms with E-state index in [1.54, 1.807) is 12.4 Å². The van der Waals surface area contributed by atoms with Crippen LogP contribution in [0.2, 0.25) is 0 Å². The van der Waals surface area contributed by atoms with E-state index < -0.39 is 0 Å². The third-order valence-corrected chi connectivity index (χ3v) is 3.00. The summed E-state index contributed by atoms with van der Waals surface area (Å²) in [6, 6.07) is 9.98. The third-order valence-electron chi connectivity index (χ3n) is 3.00. The van der Waals surface area contributed by atoms with Gasteiger partial charge in [-0.15, -0.1) is 0 Å². The van der Waals surface area contributed by atoms with Crippen molar-refractivity contribution in [1.29, 1.82) is 0 Å². The third kappa shape index (κ3) is 2.57. The van der Waals surface area contributed by atoms with Gasteiger partial charge in [-0.25, -0.2) is 0 Å². The molecule has 96 valence electrons. The van der Waals surface area contributed by atoms with E-state index in [1.807, 2.05) is 30.3 Å². The molecule has 0 spiro atoms. The van der Waals surface area contributed by atoms with Gasteiger partial charge in [0, 0.05) is 24.5 Å². The number of furan rings is 1. The van der Waals surface area contributed by atoms with E-state index >= 15 is 0 Å². The van der Waals surface area contributed by atoms with Crippen molar-refractivity contribution in [3.05, 3.63) is 54.2 Å². The first-order chi connectivity index (χ1) is 9.35. The van der Waals surface area contributed by atoms with Crippen molar-refractivity contribution >= 4 is 16.7 Å². The van der Waals surface area contributed by atoms with Gasteiger partial charge in [0.15, 0.2) is 0 Å². The van der Waals surface area contributed by atoms with Gasteiger partial charge in [-0.2, -0.15) is 0 Å². The SMILES string of the molecule is CCc1ccc(CNc2ccc3nccnc3c2)o1. The minimum atomic E-state index is 0.672. The smallest absolute Gasteiger partial charge is 0.123 e. The number of aromatic nitrogens is 2. The number of anilines is 1. The van der Waals surface area contributed by atoms with Gasteiger partial charge in [0.2, 0.25) is 0 Å². The van der Waals surface area contributed by atoms with Gasteiger partial charge >= 0.3 is 0 Å². The number of rotatable bonds is 4. The molecule has 4 nitrogen and oxygen atoms in total. The summed E-state index contributed by atoms with van der Waals surface area (Å²) in [6.45, 7) is 2.75. The summed E-state index contributed by atoms with van der Waals surface area (Å²) in [4.78, 5) is 8.53. The van der Waals surface area contributed by atoms with Gasteiger partial charge in [0.25, 0.3) is 0 Å². The Labute approximate surface area is 111 Å². The van der Waals surface area contributed by atoms with Crippen molar-refractivity contribution in [3.8, 4) is 0 Å². The highest BCUT2D eigenvalue weighted by atomic mass is 16.3. The van der Waals surface area contributed by atoms with Crippen LogP contribution in [0.4, 0.5) is 5.69 Å². The highest BCUT2D eigenvalue weighted by Gasteiger charge is 2.01. The normalized spacial score (nSPS) is 10.8. The second-order valence-corrected chi connectivity index (χ2v) is 4.33. The summed E-state index contributed by atoms with van der Waals surface area (Å²) < 4.78 is 5.65. The Balaban J connectivity index is 1.74. The van der Waals surface area contributed by atoms with Crippen LogP contribution in [0.3, 0.4) is 0 Å². The molecule has 0 aliphatic carbocycles. The zero-order valence-electron chi connectivity index (χ0n) is 10.8. The van der Waals surface area contributed by atoms with Crippen LogP contribution in [-0.2, 0) is 13.0 Å². The van der Waals surface area contributed by atoms with E-state index in [2.05, 4.69) is 22.2 Å². The molecule has 3 aromatic rings. The van der Waals surface area contributed by atoms with Crippen LogP contribution in [0.25, 0.3) is 11.0 Å². The highest BCUT2D eigenvalue weighted by Crippen LogP contribution is 2.16. The van der Waals surface area contributed by atoms with Gasteiger partial charge in [-0.1, -0.05) is 6.92 Å². The Morgan fingerprint density at radius 3 is 2.58 bits per heavy atom. The van der Waals surface area contributed by atoms with Gasteiger partial charge < -0.3 is 9.73 Å². The molecule has 3 rings (SSSR count). The Kier molecular flexibility index (Phi) is 3.14. The molecule has 2 heterocycles. The summed E-state index contributed by atoms with van der Waals surface area (Å²) in [6.07, 6.45) is 4.32. The number of aryl methyl sites for hydroxylation is 1. The maximum absolute atomic E-state index is 5.65. The summed E-state index contributed by atoms with van der Waals surface area (Å²) in [5.74, 6) is 1.96. The largest absolute Gasteiger partial charge is 0.464 e. The van der Waals surface area contributed by atoms with Gasteiger partial charge in [-0.3, -0.25) is 9.97 Å². The minimum absolute atomic E-state index is 0.672. The zero-order valence-corrected chi connectivity index (χ0v) is 10.8. The average Bonchev–Trinajstić information content (AvgIpc) is 2.93. The number of fused-ring (bicyclic) bond motifs is 1. The van der Waals surface area contributed by atoms with Gasteiger partial charge in [-0.05, 0) is 30.3 Å². The Hall–Kier alpha value is -2.36. The van der Waals surface area contributed by atoms with Gasteiger partial charge in [0.05, 0.1) is 17.6 Å². The molecule has 0 fully saturated rings. The van der Waals surface area contributed by atoms with Crippen molar-refractivity contribution in [2.75, 3.05) is 5.32 Å². The molecule has 0 aliphatic rings. The molecular formula is C15H15N3O. The van der Waals surface area contributed by atoms with E-state index in [1.165, 1.54) is 0 Å². The lowest BCUT2D eigenvalue weighted by Crippen LogP contribution is -1.98. The van der Waals surface area contributed by atoms with Gasteiger partial charge in [0.1, 0.15) is 11.5 Å². The molecule has 0 aliphatic heterocycles. The summed E-state index contributed by atoms with van der Waals surface area (Å²) >= 11 is 0. The minimum Gasteiger partial charge on any atom is -0.464 e. The number of nitrogens with zero attached hydrogens (tertiary/aromatic N) is 2. The van der Waals surface area contributed by atoms with Crippen LogP contribution in [0.15, 0.2) is 47.1 Å². The molecule has 0 saturated carbocycles. The summed E-state index contributed by atoms with van der Waals surface area (Å²) in [5, 5.41) is 3.33. The zero-order chi connectivity index (χ0) is 13.1. The number of hydrogen-bond donors (Lipinski definition) is 1. The molecule has 1 aromatic carbocycles. The van der Waals surface area contributed by atoms with Crippen LogP contribution in [-0.4, -0.2) is 9.97 Å². The van der Waals surface area contributed by atoms with Crippen molar-refractivity contribution < 1.29 is 4.42 Å². The van der Waals surface area contributed by atoms with Crippen LogP contribution in [0, 0.1) is 0 Å². The first-order valence-corrected chi connectivity index (χ1v) is 6.37. The van der Waals surface area contributed by atoms with E-state index in [9.17, 15) is 0 Å². The molecule has 0 bridgehead atoms. The molecule has 0 radical (unpaired) electrons. The standard InChI is InChI=1S/C15H15N3O/c1-2-12-4-5-13(19-12)10-18-11-3-6-14-15(9-11)17-8-7-16-14/h3-9,18H,2,10H2,1H3. The first-order valence-electron chi connectivity index (χ1n) is 6.37. The van der Waals surface area contributed by atoms with E-state index in [0.717, 1.165) is 34.7 Å². The molecule has 4 heteroatoms. The fourth-order valence-electron chi connectivity index (χ4n) is 1.97. The lowest BCUT2D eigenvalue weighted by atomic mass is 10.2. The number of benzene rings is 1. The molecule has 2 aromatic heterocycles. The number of hydrogen-bond acceptors (Lipinski definition) is 4. The van der Waals surface area contributed by atoms with E-state index in [4.69, 9.17) is 4.42 Å². The first kappa shape index (κ1) is 11.7. The second kappa shape index (κ2) is 5.10. The lowest BCUT2D eigenvalue weighted by Gasteiger charge is -2.05. The van der Waals surface area contributed by atoms with Crippen molar-refractivity contribution in [2.24, 2.45) is 0 Å². The van der Waals surface area contributed by atoms with Crippen LogP contribution in [0.1, 0.15) is 18.4 Å². The second-order valence-electron chi connectivity index (χ2n) is 4.33. The number of nitrogens with one attached hydrogen (secondary N) is 1. The fourth-order valence-corrected chi connectivity index (χ4v) is 1.97. The molecule has 1 N–H and O–H groups in total. The predicted molar refractivity (Wildman–Crippen MR) is 75.0 cm³/mol. The Bertz CT molecular complexity index is 690. The molecular weight excluding hydrogens is 238 g/mol. The summed E-state index contributed by atoms with van der Waals surface area (Å²) in [7, 11) is 0. The van der Waals surface area contributed by atoms with E-state index in [0.29, 0.717) is 6.54 Å². The molecule has 0 unspecified atom stereocenters. The summed E-state index contributed by atoms with van der Waals surface area (Å²) in [5.41, 5.74) is 2.81. The molecule has 0 saturated heterocycles. The highest BCUT2D eigenvalue weighted by molar-refractivity contribution is 5.78. The fraction of sp³-hybridized carbons (Fsp3) is 0.200. The molecule has 19 heavy (non-hydrogen) atoms. The lowest BCUT2D eigenvalue weighted by molar-refractivity contribution is 0.476. The maximum Gasteiger partial charge on any atom is 0.123 e. The Morgan fingerprint density at radius 1 is 1.00 bits per heavy atom. The van der Waals surface area contributed by atoms with Crippen molar-refractivity contribution in [1.82, 2.24) is 9.97 Å². The molecule has 0 atom stereocenters. The molecule has 0 amide bonds. The maximum atomic E-state index is 5.65. The topological polar surface area (TPSA) is 51.0 Å². The van der Waals surface area contributed by atoms with Crippen molar-refractivity contribution in [3.63, 3.8) is 0 Å². The monoisotopic (exact) mass is 253 g/mol. The van der Waals surface area contributed by atoms with Crippen LogP contribution < -0.4 is 5.32 Å². The Morgan fingerprint density at radius 2 is 1.79 bits per heavy atom.